The van der Waals surface area contributed by atoms with Gasteiger partial charge in [0.05, 0.1) is 18.8 Å². The van der Waals surface area contributed by atoms with Crippen LogP contribution < -0.4 is 4.74 Å². The van der Waals surface area contributed by atoms with Crippen LogP contribution in [-0.4, -0.2) is 51.1 Å². The van der Waals surface area contributed by atoms with Gasteiger partial charge in [-0.1, -0.05) is 32.9 Å². The summed E-state index contributed by atoms with van der Waals surface area (Å²) in [6.07, 6.45) is 6.32. The average molecular weight is 453 g/mol. The van der Waals surface area contributed by atoms with Gasteiger partial charge in [-0.15, -0.1) is 0 Å². The number of ether oxygens (including phenoxy) is 1. The Hall–Kier alpha value is -1.81. The third-order valence-corrected chi connectivity index (χ3v) is 11.1. The van der Waals surface area contributed by atoms with Crippen LogP contribution in [0.2, 0.25) is 0 Å². The lowest BCUT2D eigenvalue weighted by atomic mass is 9.31. The molecule has 0 radical (unpaired) electrons. The molecule has 0 amide bonds. The summed E-state index contributed by atoms with van der Waals surface area (Å²) in [4.78, 5) is 1.99. The van der Waals surface area contributed by atoms with E-state index in [1.807, 2.05) is 17.9 Å². The number of fused-ring (bicyclic) bond motifs is 2. The SMILES string of the molecule is CC(C)(C)[C@@](C)(O)[C@H]1C[C@@]23CC[C@]1(CO)[C@@H]1Oc4c(CO)ccc5c4[C@@]12CCN(C#N)[C@@H]3C5. The molecular formula is C27H36N2O4. The number of nitrogens with zero attached hydrogens (tertiary/aromatic N) is 2. The summed E-state index contributed by atoms with van der Waals surface area (Å²) in [5.41, 5.74) is 0.804. The van der Waals surface area contributed by atoms with Crippen LogP contribution in [0.15, 0.2) is 12.1 Å². The van der Waals surface area contributed by atoms with E-state index < -0.39 is 11.0 Å². The van der Waals surface area contributed by atoms with Gasteiger partial charge in [-0.2, -0.15) is 5.26 Å². The number of aliphatic hydroxyl groups excluding tert-OH is 2. The van der Waals surface area contributed by atoms with Gasteiger partial charge in [0.15, 0.2) is 6.19 Å². The lowest BCUT2D eigenvalue weighted by Crippen LogP contribution is -2.80. The molecule has 2 spiro atoms. The third kappa shape index (κ3) is 2.13. The molecule has 1 aromatic carbocycles. The maximum atomic E-state index is 12.1. The van der Waals surface area contributed by atoms with Gasteiger partial charge in [0.1, 0.15) is 11.9 Å². The van der Waals surface area contributed by atoms with Gasteiger partial charge < -0.3 is 25.0 Å². The highest BCUT2D eigenvalue weighted by Gasteiger charge is 2.81. The molecule has 2 aliphatic heterocycles. The van der Waals surface area contributed by atoms with Gasteiger partial charge in [-0.05, 0) is 55.9 Å². The minimum absolute atomic E-state index is 0.0309. The van der Waals surface area contributed by atoms with E-state index in [-0.39, 0.29) is 47.5 Å². The smallest absolute Gasteiger partial charge is 0.179 e. The highest BCUT2D eigenvalue weighted by molar-refractivity contribution is 5.61. The first kappa shape index (κ1) is 21.7. The minimum atomic E-state index is -1.02. The maximum absolute atomic E-state index is 12.1. The number of benzene rings is 1. The van der Waals surface area contributed by atoms with Crippen molar-refractivity contribution in [1.29, 1.82) is 5.26 Å². The number of nitriles is 1. The summed E-state index contributed by atoms with van der Waals surface area (Å²) in [5, 5.41) is 43.4. The van der Waals surface area contributed by atoms with Crippen LogP contribution in [0.3, 0.4) is 0 Å². The predicted octanol–water partition coefficient (Wildman–Crippen LogP) is 2.87. The number of likely N-dealkylation sites (tertiary alicyclic amines) is 1. The first-order valence-electron chi connectivity index (χ1n) is 12.5. The summed E-state index contributed by atoms with van der Waals surface area (Å²) in [7, 11) is 0. The normalized spacial score (nSPS) is 41.8. The zero-order valence-corrected chi connectivity index (χ0v) is 20.2. The fourth-order valence-corrected chi connectivity index (χ4v) is 9.11. The number of hydrogen-bond donors (Lipinski definition) is 3. The molecule has 7 rings (SSSR count). The van der Waals surface area contributed by atoms with Crippen molar-refractivity contribution in [2.24, 2.45) is 22.2 Å². The van der Waals surface area contributed by atoms with Gasteiger partial charge in [0, 0.05) is 40.0 Å². The minimum Gasteiger partial charge on any atom is -0.488 e. The van der Waals surface area contributed by atoms with Crippen LogP contribution in [0.4, 0.5) is 0 Å². The summed E-state index contributed by atoms with van der Waals surface area (Å²) in [6.45, 7) is 8.73. The Balaban J connectivity index is 1.66. The van der Waals surface area contributed by atoms with Crippen molar-refractivity contribution in [2.75, 3.05) is 13.2 Å². The Kier molecular flexibility index (Phi) is 4.11. The van der Waals surface area contributed by atoms with E-state index in [2.05, 4.69) is 33.0 Å². The molecule has 4 bridgehead atoms. The zero-order valence-electron chi connectivity index (χ0n) is 20.2. The largest absolute Gasteiger partial charge is 0.488 e. The van der Waals surface area contributed by atoms with Crippen LogP contribution in [0.1, 0.15) is 70.1 Å². The highest BCUT2D eigenvalue weighted by atomic mass is 16.5. The van der Waals surface area contributed by atoms with E-state index in [1.165, 1.54) is 11.1 Å². The Morgan fingerprint density at radius 3 is 2.58 bits per heavy atom. The average Bonchev–Trinajstić information content (AvgIpc) is 3.15. The van der Waals surface area contributed by atoms with Crippen LogP contribution in [0.5, 0.6) is 5.75 Å². The lowest BCUT2D eigenvalue weighted by molar-refractivity contribution is -0.285. The van der Waals surface area contributed by atoms with Crippen molar-refractivity contribution in [3.05, 3.63) is 28.8 Å². The molecule has 6 nitrogen and oxygen atoms in total. The molecule has 2 heterocycles. The topological polar surface area (TPSA) is 96.9 Å². The van der Waals surface area contributed by atoms with E-state index in [1.54, 1.807) is 0 Å². The van der Waals surface area contributed by atoms with Crippen LogP contribution in [0, 0.1) is 33.6 Å². The van der Waals surface area contributed by atoms with E-state index in [9.17, 15) is 20.6 Å². The van der Waals surface area contributed by atoms with Crippen molar-refractivity contribution in [2.45, 2.75) is 89.6 Å². The molecule has 4 aliphatic carbocycles. The highest BCUT2D eigenvalue weighted by Crippen LogP contribution is 2.79. The predicted molar refractivity (Wildman–Crippen MR) is 122 cm³/mol. The van der Waals surface area contributed by atoms with E-state index >= 15 is 0 Å². The van der Waals surface area contributed by atoms with Crippen LogP contribution >= 0.6 is 0 Å². The molecule has 6 heteroatoms. The molecule has 0 aromatic heterocycles. The van der Waals surface area contributed by atoms with E-state index in [0.29, 0.717) is 6.54 Å². The van der Waals surface area contributed by atoms with Crippen molar-refractivity contribution in [3.63, 3.8) is 0 Å². The number of piperidine rings is 1. The second kappa shape index (κ2) is 6.24. The Morgan fingerprint density at radius 1 is 1.18 bits per heavy atom. The molecule has 7 atom stereocenters. The van der Waals surface area contributed by atoms with Crippen LogP contribution in [0.25, 0.3) is 0 Å². The zero-order chi connectivity index (χ0) is 23.6. The monoisotopic (exact) mass is 452 g/mol. The van der Waals surface area contributed by atoms with Gasteiger partial charge in [-0.3, -0.25) is 0 Å². The Morgan fingerprint density at radius 2 is 1.94 bits per heavy atom. The fraction of sp³-hybridized carbons (Fsp3) is 0.741. The van der Waals surface area contributed by atoms with Crippen molar-refractivity contribution < 1.29 is 20.1 Å². The van der Waals surface area contributed by atoms with Crippen molar-refractivity contribution in [3.8, 4) is 11.9 Å². The molecule has 0 unspecified atom stereocenters. The van der Waals surface area contributed by atoms with Gasteiger partial charge in [0.25, 0.3) is 0 Å². The summed E-state index contributed by atoms with van der Waals surface area (Å²) in [5.74, 6) is 0.653. The number of hydrogen-bond acceptors (Lipinski definition) is 6. The number of rotatable bonds is 3. The third-order valence-electron chi connectivity index (χ3n) is 11.1. The molecule has 4 fully saturated rings. The summed E-state index contributed by atoms with van der Waals surface area (Å²) >= 11 is 0. The quantitative estimate of drug-likeness (QED) is 0.611. The lowest BCUT2D eigenvalue weighted by Gasteiger charge is -2.75. The van der Waals surface area contributed by atoms with Gasteiger partial charge in [0.2, 0.25) is 0 Å². The molecule has 3 N–H and O–H groups in total. The standard InChI is InChI=1S/C27H36N2O4/c1-23(2,3)24(4,32)18-12-26-8-7-25(18,14-31)22-27(26)9-10-29(15-28)19(26)11-16-5-6-17(13-30)21(33-22)20(16)27/h5-6,18-19,22,30-32H,7-14H2,1-4H3/t18-,19-,22+,24+,25-,26-,27+/m1/s1. The molecule has 33 heavy (non-hydrogen) atoms. The Labute approximate surface area is 196 Å². The van der Waals surface area contributed by atoms with E-state index in [0.717, 1.165) is 43.4 Å². The van der Waals surface area contributed by atoms with Gasteiger partial charge in [-0.25, -0.2) is 0 Å². The molecule has 1 saturated heterocycles. The second-order valence-corrected chi connectivity index (χ2v) is 12.7. The molecule has 1 aromatic rings. The number of aliphatic hydroxyl groups is 3. The molecule has 178 valence electrons. The maximum Gasteiger partial charge on any atom is 0.179 e. The second-order valence-electron chi connectivity index (χ2n) is 12.7. The first-order valence-corrected chi connectivity index (χ1v) is 12.5. The first-order chi connectivity index (χ1) is 15.5. The Bertz CT molecular complexity index is 1070. The van der Waals surface area contributed by atoms with E-state index in [4.69, 9.17) is 4.74 Å². The summed E-state index contributed by atoms with van der Waals surface area (Å²) < 4.78 is 6.90. The molecular weight excluding hydrogens is 416 g/mol. The molecule has 3 saturated carbocycles. The summed E-state index contributed by atoms with van der Waals surface area (Å²) in [6, 6.07) is 4.15. The molecule has 6 aliphatic rings. The van der Waals surface area contributed by atoms with Crippen LogP contribution in [-0.2, 0) is 18.4 Å². The fourth-order valence-electron chi connectivity index (χ4n) is 9.11. The van der Waals surface area contributed by atoms with Crippen molar-refractivity contribution in [1.82, 2.24) is 4.90 Å². The van der Waals surface area contributed by atoms with Crippen molar-refractivity contribution >= 4 is 0 Å². The van der Waals surface area contributed by atoms with Gasteiger partial charge >= 0.3 is 0 Å².